The van der Waals surface area contributed by atoms with Crippen LogP contribution in [-0.2, 0) is 5.41 Å². The molecule has 0 N–H and O–H groups in total. The molecule has 51 heavy (non-hydrogen) atoms. The molecular weight excluding hydrogens is 619 g/mol. The summed E-state index contributed by atoms with van der Waals surface area (Å²) in [5, 5.41) is 0. The van der Waals surface area contributed by atoms with E-state index >= 15 is 0 Å². The number of ether oxygens (including phenoxy) is 1. The standard InChI is InChI=1S/C49H37NO/c1-4-15-36(16-5-1)38-27-31-42(32-28-38)50(43-33-29-39(30-34-43)37-17-6-2-7-18-37)44-22-14-21-41(35-44)49(40-19-8-3-9-20-40)45-23-10-12-25-47(45)51-48-26-13-11-24-46(48)49/h1-20,22-35,41H,21H2. The number of benzene rings is 7. The van der Waals surface area contributed by atoms with Crippen molar-refractivity contribution in [2.75, 3.05) is 4.90 Å². The molecule has 0 fully saturated rings. The summed E-state index contributed by atoms with van der Waals surface area (Å²) in [6, 6.07) is 67.3. The van der Waals surface area contributed by atoms with E-state index < -0.39 is 5.41 Å². The van der Waals surface area contributed by atoms with Crippen molar-refractivity contribution in [1.29, 1.82) is 0 Å². The van der Waals surface area contributed by atoms with Crippen LogP contribution in [0.5, 0.6) is 11.5 Å². The lowest BCUT2D eigenvalue weighted by Gasteiger charge is -2.46. The maximum atomic E-state index is 6.60. The van der Waals surface area contributed by atoms with Gasteiger partial charge in [-0.05, 0) is 76.7 Å². The van der Waals surface area contributed by atoms with E-state index in [9.17, 15) is 0 Å². The van der Waals surface area contributed by atoms with Crippen molar-refractivity contribution in [3.8, 4) is 33.8 Å². The number of nitrogens with zero attached hydrogens (tertiary/aromatic N) is 1. The van der Waals surface area contributed by atoms with Gasteiger partial charge in [0.2, 0.25) is 0 Å². The zero-order valence-electron chi connectivity index (χ0n) is 28.3. The average molecular weight is 656 g/mol. The summed E-state index contributed by atoms with van der Waals surface area (Å²) < 4.78 is 6.60. The van der Waals surface area contributed by atoms with Crippen LogP contribution in [0.3, 0.4) is 0 Å². The van der Waals surface area contributed by atoms with E-state index in [-0.39, 0.29) is 5.92 Å². The second-order valence-electron chi connectivity index (χ2n) is 13.3. The van der Waals surface area contributed by atoms with E-state index in [1.807, 2.05) is 0 Å². The van der Waals surface area contributed by atoms with Crippen LogP contribution in [-0.4, -0.2) is 0 Å². The predicted octanol–water partition coefficient (Wildman–Crippen LogP) is 12.8. The van der Waals surface area contributed by atoms with Crippen LogP contribution in [0.15, 0.2) is 212 Å². The Morgan fingerprint density at radius 1 is 0.451 bits per heavy atom. The zero-order chi connectivity index (χ0) is 34.0. The molecule has 9 rings (SSSR count). The smallest absolute Gasteiger partial charge is 0.131 e. The van der Waals surface area contributed by atoms with E-state index in [4.69, 9.17) is 4.74 Å². The van der Waals surface area contributed by atoms with Gasteiger partial charge in [0.15, 0.2) is 0 Å². The summed E-state index contributed by atoms with van der Waals surface area (Å²) in [4.78, 5) is 2.40. The van der Waals surface area contributed by atoms with Crippen LogP contribution >= 0.6 is 0 Å². The summed E-state index contributed by atoms with van der Waals surface area (Å²) in [6.07, 6.45) is 8.04. The lowest BCUT2D eigenvalue weighted by Crippen LogP contribution is -2.40. The summed E-state index contributed by atoms with van der Waals surface area (Å²) in [6.45, 7) is 0. The van der Waals surface area contributed by atoms with Crippen LogP contribution in [0.2, 0.25) is 0 Å². The molecule has 0 aromatic heterocycles. The van der Waals surface area contributed by atoms with Gasteiger partial charge in [-0.1, -0.05) is 164 Å². The van der Waals surface area contributed by atoms with Crippen LogP contribution in [0.1, 0.15) is 23.1 Å². The van der Waals surface area contributed by atoms with Gasteiger partial charge in [-0.25, -0.2) is 0 Å². The van der Waals surface area contributed by atoms with Gasteiger partial charge < -0.3 is 9.64 Å². The van der Waals surface area contributed by atoms with Crippen molar-refractivity contribution in [2.45, 2.75) is 11.8 Å². The molecule has 2 aliphatic rings. The van der Waals surface area contributed by atoms with E-state index in [0.29, 0.717) is 0 Å². The van der Waals surface area contributed by atoms with Gasteiger partial charge in [-0.3, -0.25) is 0 Å². The van der Waals surface area contributed by atoms with Gasteiger partial charge in [0, 0.05) is 34.1 Å². The first kappa shape index (κ1) is 30.7. The quantitative estimate of drug-likeness (QED) is 0.169. The molecule has 2 nitrogen and oxygen atoms in total. The minimum Gasteiger partial charge on any atom is -0.457 e. The number of fused-ring (bicyclic) bond motifs is 2. The second kappa shape index (κ2) is 13.2. The van der Waals surface area contributed by atoms with E-state index in [1.165, 1.54) is 38.9 Å². The molecule has 7 aromatic carbocycles. The Morgan fingerprint density at radius 2 is 0.882 bits per heavy atom. The number of rotatable bonds is 7. The topological polar surface area (TPSA) is 12.5 Å². The molecular formula is C49H37NO. The molecule has 1 aliphatic heterocycles. The molecule has 2 heteroatoms. The first-order valence-corrected chi connectivity index (χ1v) is 17.7. The minimum absolute atomic E-state index is 0.0979. The monoisotopic (exact) mass is 655 g/mol. The van der Waals surface area contributed by atoms with Crippen LogP contribution < -0.4 is 9.64 Å². The summed E-state index contributed by atoms with van der Waals surface area (Å²) in [5.41, 5.74) is 11.4. The van der Waals surface area contributed by atoms with Crippen molar-refractivity contribution in [3.63, 3.8) is 0 Å². The number of hydrogen-bond donors (Lipinski definition) is 0. The van der Waals surface area contributed by atoms with E-state index in [1.54, 1.807) is 0 Å². The first-order chi connectivity index (χ1) is 25.3. The maximum Gasteiger partial charge on any atom is 0.131 e. The summed E-state index contributed by atoms with van der Waals surface area (Å²) in [5.74, 6) is 1.92. The highest BCUT2D eigenvalue weighted by molar-refractivity contribution is 5.76. The highest BCUT2D eigenvalue weighted by Crippen LogP contribution is 2.57. The molecule has 0 amide bonds. The van der Waals surface area contributed by atoms with Crippen molar-refractivity contribution in [3.05, 3.63) is 229 Å². The van der Waals surface area contributed by atoms with Crippen molar-refractivity contribution in [2.24, 2.45) is 5.92 Å². The molecule has 0 saturated heterocycles. The van der Waals surface area contributed by atoms with Gasteiger partial charge in [0.05, 0.1) is 5.41 Å². The number of para-hydroxylation sites is 2. The molecule has 1 unspecified atom stereocenters. The lowest BCUT2D eigenvalue weighted by molar-refractivity contribution is 0.366. The normalized spacial score (nSPS) is 15.5. The third kappa shape index (κ3) is 5.46. The van der Waals surface area contributed by atoms with Crippen molar-refractivity contribution in [1.82, 2.24) is 0 Å². The number of allylic oxidation sites excluding steroid dienone is 3. The molecule has 0 spiro atoms. The molecule has 1 heterocycles. The Bertz CT molecular complexity index is 2210. The van der Waals surface area contributed by atoms with Crippen molar-refractivity contribution >= 4 is 11.4 Å². The van der Waals surface area contributed by atoms with Crippen LogP contribution in [0.25, 0.3) is 22.3 Å². The number of anilines is 2. The first-order valence-electron chi connectivity index (χ1n) is 17.7. The number of hydrogen-bond acceptors (Lipinski definition) is 2. The zero-order valence-corrected chi connectivity index (χ0v) is 28.3. The highest BCUT2D eigenvalue weighted by atomic mass is 16.5. The van der Waals surface area contributed by atoms with Crippen LogP contribution in [0.4, 0.5) is 11.4 Å². The van der Waals surface area contributed by atoms with Crippen LogP contribution in [0, 0.1) is 5.92 Å². The molecule has 0 radical (unpaired) electrons. The van der Waals surface area contributed by atoms with E-state index in [0.717, 1.165) is 35.0 Å². The molecule has 244 valence electrons. The Labute approximate surface area is 300 Å². The maximum absolute atomic E-state index is 6.60. The summed E-state index contributed by atoms with van der Waals surface area (Å²) in [7, 11) is 0. The fourth-order valence-electron chi connectivity index (χ4n) is 8.08. The summed E-state index contributed by atoms with van der Waals surface area (Å²) >= 11 is 0. The second-order valence-corrected chi connectivity index (χ2v) is 13.3. The Hall–Kier alpha value is -6.38. The fraction of sp³-hybridized carbons (Fsp3) is 0.0612. The Balaban J connectivity index is 1.22. The SMILES string of the molecule is C1=CC(N(c2ccc(-c3ccccc3)cc2)c2ccc(-c3ccccc3)cc2)=CC(C2(c3ccccc3)c3ccccc3Oc3ccccc32)C1. The largest absolute Gasteiger partial charge is 0.457 e. The van der Waals surface area contributed by atoms with Gasteiger partial charge in [-0.2, -0.15) is 0 Å². The lowest BCUT2D eigenvalue weighted by atomic mass is 9.59. The van der Waals surface area contributed by atoms with Crippen molar-refractivity contribution < 1.29 is 4.74 Å². The molecule has 7 aromatic rings. The third-order valence-corrected chi connectivity index (χ3v) is 10.4. The molecule has 0 saturated carbocycles. The predicted molar refractivity (Wildman–Crippen MR) is 211 cm³/mol. The van der Waals surface area contributed by atoms with Gasteiger partial charge in [-0.15, -0.1) is 0 Å². The van der Waals surface area contributed by atoms with E-state index in [2.05, 4.69) is 211 Å². The highest BCUT2D eigenvalue weighted by Gasteiger charge is 2.48. The van der Waals surface area contributed by atoms with Gasteiger partial charge in [0.25, 0.3) is 0 Å². The fourth-order valence-corrected chi connectivity index (χ4v) is 8.08. The average Bonchev–Trinajstić information content (AvgIpc) is 3.22. The van der Waals surface area contributed by atoms with Gasteiger partial charge >= 0.3 is 0 Å². The third-order valence-electron chi connectivity index (χ3n) is 10.4. The molecule has 0 bridgehead atoms. The molecule has 1 aliphatic carbocycles. The minimum atomic E-state index is -0.470. The Morgan fingerprint density at radius 3 is 1.39 bits per heavy atom. The Kier molecular flexibility index (Phi) is 7.91. The molecule has 1 atom stereocenters. The van der Waals surface area contributed by atoms with Gasteiger partial charge in [0.1, 0.15) is 11.5 Å².